The number of nitrogens with zero attached hydrogens (tertiary/aromatic N) is 3. The van der Waals surface area contributed by atoms with E-state index >= 15 is 0 Å². The van der Waals surface area contributed by atoms with Gasteiger partial charge in [0.2, 0.25) is 0 Å². The fourth-order valence-corrected chi connectivity index (χ4v) is 2.87. The molecule has 7 nitrogen and oxygen atoms in total. The predicted octanol–water partition coefficient (Wildman–Crippen LogP) is 5.41. The molecule has 1 amide bonds. The van der Waals surface area contributed by atoms with Crippen LogP contribution in [-0.2, 0) is 6.54 Å². The van der Waals surface area contributed by atoms with E-state index in [1.165, 1.54) is 25.3 Å². The van der Waals surface area contributed by atoms with Crippen molar-refractivity contribution in [2.45, 2.75) is 25.8 Å². The number of anilines is 2. The number of hydrogen-bond donors (Lipinski definition) is 3. The molecule has 1 saturated carbocycles. The quantitative estimate of drug-likeness (QED) is 0.402. The van der Waals surface area contributed by atoms with E-state index in [0.29, 0.717) is 17.9 Å². The van der Waals surface area contributed by atoms with Crippen LogP contribution in [0.25, 0.3) is 16.9 Å². The molecular weight excluding hydrogens is 397 g/mol. The number of rotatable bonds is 5. The zero-order valence-electron chi connectivity index (χ0n) is 16.8. The number of nitrogens with one attached hydrogen (secondary N) is 2. The van der Waals surface area contributed by atoms with Crippen molar-refractivity contribution in [1.82, 2.24) is 14.6 Å². The van der Waals surface area contributed by atoms with Gasteiger partial charge in [0.05, 0.1) is 11.4 Å². The summed E-state index contributed by atoms with van der Waals surface area (Å²) in [5.74, 6) is -0.270. The van der Waals surface area contributed by atoms with Crippen LogP contribution in [0.2, 0.25) is 0 Å². The first-order valence-corrected chi connectivity index (χ1v) is 10.0. The van der Waals surface area contributed by atoms with Crippen molar-refractivity contribution < 1.29 is 14.3 Å². The number of pyridine rings is 1. The molecule has 0 unspecified atom stereocenters. The normalized spacial score (nSPS) is 12.0. The summed E-state index contributed by atoms with van der Waals surface area (Å²) in [6.07, 6.45) is 3.28. The van der Waals surface area contributed by atoms with Gasteiger partial charge in [-0.25, -0.2) is 13.7 Å². The van der Waals surface area contributed by atoms with Crippen molar-refractivity contribution >= 4 is 23.4 Å². The predicted molar refractivity (Wildman–Crippen MR) is 118 cm³/mol. The van der Waals surface area contributed by atoms with Crippen LogP contribution in [0.1, 0.15) is 24.8 Å². The molecule has 1 fully saturated rings. The monoisotopic (exact) mass is 419 g/mol. The molecule has 0 bridgehead atoms. The van der Waals surface area contributed by atoms with E-state index in [2.05, 4.69) is 20.7 Å². The maximum atomic E-state index is 13.7. The highest BCUT2D eigenvalue weighted by molar-refractivity contribution is 5.80. The third kappa shape index (κ3) is 5.36. The second-order valence-electron chi connectivity index (χ2n) is 7.14. The average Bonchev–Trinajstić information content (AvgIpc) is 3.59. The molecule has 2 aromatic carbocycles. The van der Waals surface area contributed by atoms with Crippen LogP contribution in [0, 0.1) is 5.82 Å². The maximum Gasteiger partial charge on any atom is 0.411 e. The van der Waals surface area contributed by atoms with Gasteiger partial charge in [-0.05, 0) is 29.8 Å². The number of amides is 1. The number of benzene rings is 2. The minimum Gasteiger partial charge on any atom is -0.465 e. The highest BCUT2D eigenvalue weighted by Gasteiger charge is 2.10. The first-order chi connectivity index (χ1) is 15.1. The molecule has 2 heterocycles. The highest BCUT2D eigenvalue weighted by atomic mass is 19.1. The van der Waals surface area contributed by atoms with Crippen LogP contribution >= 0.6 is 0 Å². The van der Waals surface area contributed by atoms with Gasteiger partial charge >= 0.3 is 6.09 Å². The van der Waals surface area contributed by atoms with Crippen LogP contribution in [0.3, 0.4) is 0 Å². The van der Waals surface area contributed by atoms with E-state index in [1.54, 1.807) is 28.8 Å². The van der Waals surface area contributed by atoms with Gasteiger partial charge in [-0.2, -0.15) is 4.98 Å². The minimum atomic E-state index is -1.22. The Labute approximate surface area is 178 Å². The lowest BCUT2D eigenvalue weighted by Gasteiger charge is -2.09. The number of para-hydroxylation sites is 1. The Balaban J connectivity index is 0.000000710. The van der Waals surface area contributed by atoms with Gasteiger partial charge in [-0.1, -0.05) is 61.7 Å². The Morgan fingerprint density at radius 2 is 1.74 bits per heavy atom. The second-order valence-corrected chi connectivity index (χ2v) is 7.14. The zero-order chi connectivity index (χ0) is 21.6. The topological polar surface area (TPSA) is 91.5 Å². The Morgan fingerprint density at radius 3 is 2.42 bits per heavy atom. The first kappa shape index (κ1) is 20.3. The van der Waals surface area contributed by atoms with E-state index in [4.69, 9.17) is 5.11 Å². The van der Waals surface area contributed by atoms with Gasteiger partial charge in [0, 0.05) is 12.1 Å². The third-order valence-corrected chi connectivity index (χ3v) is 4.54. The van der Waals surface area contributed by atoms with E-state index in [0.717, 1.165) is 16.8 Å². The van der Waals surface area contributed by atoms with E-state index in [9.17, 15) is 9.18 Å². The molecule has 3 N–H and O–H groups in total. The Kier molecular flexibility index (Phi) is 6.07. The van der Waals surface area contributed by atoms with Crippen molar-refractivity contribution in [2.24, 2.45) is 0 Å². The summed E-state index contributed by atoms with van der Waals surface area (Å²) in [5, 5.41) is 18.3. The van der Waals surface area contributed by atoms with Gasteiger partial charge in [-0.3, -0.25) is 5.32 Å². The number of fused-ring (bicyclic) bond motifs is 1. The number of hydrogen-bond acceptors (Lipinski definition) is 4. The molecule has 0 saturated heterocycles. The van der Waals surface area contributed by atoms with E-state index in [1.807, 2.05) is 36.4 Å². The Bertz CT molecular complexity index is 1190. The van der Waals surface area contributed by atoms with Crippen LogP contribution in [-0.4, -0.2) is 25.8 Å². The van der Waals surface area contributed by atoms with Gasteiger partial charge < -0.3 is 10.4 Å². The standard InChI is InChI=1S/C20H16FN5O2.C3H6/c21-15-4-1-2-5-16(15)22-12-13-8-10-14(11-9-13)17-6-3-7-18-23-19(24-20(27)28)25-26(17)18;1-2-3-1/h1-11,22H,12H2,(H,24,25)(H,27,28);1-3H2. The van der Waals surface area contributed by atoms with Gasteiger partial charge in [0.1, 0.15) is 5.82 Å². The van der Waals surface area contributed by atoms with Gasteiger partial charge in [0.15, 0.2) is 5.65 Å². The first-order valence-electron chi connectivity index (χ1n) is 10.0. The Morgan fingerprint density at radius 1 is 1.00 bits per heavy atom. The summed E-state index contributed by atoms with van der Waals surface area (Å²) in [4.78, 5) is 14.9. The summed E-state index contributed by atoms with van der Waals surface area (Å²) >= 11 is 0. The number of carboxylic acid groups (broad SMARTS) is 1. The Hall–Kier alpha value is -3.94. The lowest BCUT2D eigenvalue weighted by Crippen LogP contribution is -2.08. The van der Waals surface area contributed by atoms with E-state index in [-0.39, 0.29) is 11.8 Å². The lowest BCUT2D eigenvalue weighted by atomic mass is 10.1. The lowest BCUT2D eigenvalue weighted by molar-refractivity contribution is 0.209. The van der Waals surface area contributed by atoms with Gasteiger partial charge in [0.25, 0.3) is 5.95 Å². The summed E-state index contributed by atoms with van der Waals surface area (Å²) < 4.78 is 15.3. The molecule has 158 valence electrons. The summed E-state index contributed by atoms with van der Waals surface area (Å²) in [5.41, 5.74) is 3.65. The van der Waals surface area contributed by atoms with Crippen molar-refractivity contribution in [2.75, 3.05) is 10.6 Å². The minimum absolute atomic E-state index is 0.0191. The molecule has 8 heteroatoms. The average molecular weight is 419 g/mol. The van der Waals surface area contributed by atoms with Crippen molar-refractivity contribution in [3.05, 3.63) is 78.1 Å². The number of halogens is 1. The summed E-state index contributed by atoms with van der Waals surface area (Å²) in [6.45, 7) is 0.488. The van der Waals surface area contributed by atoms with Crippen LogP contribution in [0.4, 0.5) is 20.8 Å². The largest absolute Gasteiger partial charge is 0.465 e. The molecule has 0 spiro atoms. The van der Waals surface area contributed by atoms with E-state index < -0.39 is 6.09 Å². The molecule has 0 atom stereocenters. The smallest absolute Gasteiger partial charge is 0.411 e. The molecule has 5 rings (SSSR count). The van der Waals surface area contributed by atoms with Crippen molar-refractivity contribution in [3.8, 4) is 11.3 Å². The fraction of sp³-hybridized carbons (Fsp3) is 0.174. The summed E-state index contributed by atoms with van der Waals surface area (Å²) in [6, 6.07) is 19.7. The number of aromatic nitrogens is 3. The molecule has 31 heavy (non-hydrogen) atoms. The van der Waals surface area contributed by atoms with Gasteiger partial charge in [-0.15, -0.1) is 5.10 Å². The third-order valence-electron chi connectivity index (χ3n) is 4.54. The highest BCUT2D eigenvalue weighted by Crippen LogP contribution is 2.22. The molecule has 0 radical (unpaired) electrons. The maximum absolute atomic E-state index is 13.7. The summed E-state index contributed by atoms with van der Waals surface area (Å²) in [7, 11) is 0. The van der Waals surface area contributed by atoms with Crippen molar-refractivity contribution in [1.29, 1.82) is 0 Å². The SMILES string of the molecule is C1CC1.O=C(O)Nc1nc2cccc(-c3ccc(CNc4ccccc4F)cc3)n2n1. The second kappa shape index (κ2) is 9.25. The zero-order valence-corrected chi connectivity index (χ0v) is 16.8. The molecule has 1 aliphatic carbocycles. The molecule has 2 aromatic heterocycles. The molecule has 0 aliphatic heterocycles. The fourth-order valence-electron chi connectivity index (χ4n) is 2.87. The molecular formula is C23H22FN5O2. The van der Waals surface area contributed by atoms with Crippen LogP contribution in [0.15, 0.2) is 66.7 Å². The molecule has 1 aliphatic rings. The molecule has 4 aromatic rings. The van der Waals surface area contributed by atoms with Crippen LogP contribution < -0.4 is 10.6 Å². The van der Waals surface area contributed by atoms with Crippen LogP contribution in [0.5, 0.6) is 0 Å². The van der Waals surface area contributed by atoms with Crippen molar-refractivity contribution in [3.63, 3.8) is 0 Å². The number of carbonyl (C=O) groups is 1.